The van der Waals surface area contributed by atoms with Crippen molar-refractivity contribution in [1.82, 2.24) is 10.2 Å². The first-order chi connectivity index (χ1) is 13.9. The van der Waals surface area contributed by atoms with E-state index in [-0.39, 0.29) is 18.4 Å². The highest BCUT2D eigenvalue weighted by Crippen LogP contribution is 2.35. The van der Waals surface area contributed by atoms with Crippen LogP contribution in [-0.2, 0) is 19.1 Å². The number of amides is 3. The number of nitrogens with zero attached hydrogens (tertiary/aromatic N) is 1. The number of rotatable bonds is 5. The number of carbonyl (C=O) groups excluding carboxylic acids is 4. The molecule has 0 spiro atoms. The van der Waals surface area contributed by atoms with Crippen LogP contribution in [0, 0.1) is 17.8 Å². The van der Waals surface area contributed by atoms with Gasteiger partial charge in [0.1, 0.15) is 0 Å². The number of hydrogen-bond acceptors (Lipinski definition) is 5. The van der Waals surface area contributed by atoms with Crippen molar-refractivity contribution in [2.75, 3.05) is 13.2 Å². The summed E-state index contributed by atoms with van der Waals surface area (Å²) in [5.41, 5.74) is 0.347. The molecule has 29 heavy (non-hydrogen) atoms. The predicted molar refractivity (Wildman–Crippen MR) is 106 cm³/mol. The summed E-state index contributed by atoms with van der Waals surface area (Å²) in [7, 11) is 0. The number of ether oxygens (including phenoxy) is 1. The third kappa shape index (κ3) is 5.02. The van der Waals surface area contributed by atoms with E-state index in [2.05, 4.69) is 19.2 Å². The Morgan fingerprint density at radius 1 is 1.14 bits per heavy atom. The second-order valence-corrected chi connectivity index (χ2v) is 8.13. The quantitative estimate of drug-likeness (QED) is 0.765. The number of esters is 1. The average molecular weight is 400 g/mol. The van der Waals surface area contributed by atoms with Gasteiger partial charge in [0, 0.05) is 24.6 Å². The highest BCUT2D eigenvalue weighted by Gasteiger charge is 2.42. The molecule has 0 unspecified atom stereocenters. The van der Waals surface area contributed by atoms with Crippen LogP contribution in [0.3, 0.4) is 0 Å². The Labute approximate surface area is 170 Å². The lowest BCUT2D eigenvalue weighted by Gasteiger charge is -2.39. The molecule has 1 N–H and O–H groups in total. The minimum absolute atomic E-state index is 0.0263. The molecule has 1 heterocycles. The molecule has 1 aliphatic carbocycles. The van der Waals surface area contributed by atoms with Crippen LogP contribution in [0.1, 0.15) is 49.9 Å². The van der Waals surface area contributed by atoms with E-state index < -0.39 is 30.3 Å². The van der Waals surface area contributed by atoms with Crippen LogP contribution in [0.4, 0.5) is 0 Å². The summed E-state index contributed by atoms with van der Waals surface area (Å²) in [6, 6.07) is 8.48. The normalized spacial score (nSPS) is 26.8. The number of imide groups is 1. The first-order valence-electron chi connectivity index (χ1n) is 10.2. The Morgan fingerprint density at radius 2 is 1.86 bits per heavy atom. The molecular formula is C22H28N2O5. The zero-order valence-electron chi connectivity index (χ0n) is 16.9. The van der Waals surface area contributed by atoms with Crippen molar-refractivity contribution in [3.05, 3.63) is 35.9 Å². The maximum absolute atomic E-state index is 12.5. The Hall–Kier alpha value is -2.70. The molecule has 1 saturated carbocycles. The zero-order chi connectivity index (χ0) is 21.0. The van der Waals surface area contributed by atoms with Crippen LogP contribution in [-0.4, -0.2) is 47.8 Å². The van der Waals surface area contributed by atoms with Gasteiger partial charge in [-0.3, -0.25) is 24.5 Å². The molecule has 0 aromatic heterocycles. The van der Waals surface area contributed by atoms with Crippen molar-refractivity contribution in [2.24, 2.45) is 17.8 Å². The SMILES string of the molecule is C[C@@H]1[C@@H](C)CCC[C@@H]1N1C[C@H](C(=O)OCC(=O)NC(=O)c2ccccc2)CC1=O. The van der Waals surface area contributed by atoms with Crippen LogP contribution in [0.5, 0.6) is 0 Å². The van der Waals surface area contributed by atoms with E-state index in [0.29, 0.717) is 23.9 Å². The summed E-state index contributed by atoms with van der Waals surface area (Å²) in [6.45, 7) is 4.17. The van der Waals surface area contributed by atoms with Gasteiger partial charge in [0.05, 0.1) is 5.92 Å². The standard InChI is InChI=1S/C22H28N2O5/c1-14-7-6-10-18(15(14)2)24-12-17(11-20(24)26)22(28)29-13-19(25)23-21(27)16-8-4-3-5-9-16/h3-5,8-9,14-15,17-18H,6-7,10-13H2,1-2H3,(H,23,25,27)/t14-,15+,17+,18-/m0/s1. The van der Waals surface area contributed by atoms with Crippen molar-refractivity contribution in [2.45, 2.75) is 45.6 Å². The van der Waals surface area contributed by atoms with Crippen molar-refractivity contribution < 1.29 is 23.9 Å². The van der Waals surface area contributed by atoms with Gasteiger partial charge in [-0.2, -0.15) is 0 Å². The van der Waals surface area contributed by atoms with Crippen LogP contribution in [0.2, 0.25) is 0 Å². The van der Waals surface area contributed by atoms with Gasteiger partial charge in [-0.05, 0) is 30.4 Å². The molecule has 1 aromatic rings. The van der Waals surface area contributed by atoms with Gasteiger partial charge in [0.2, 0.25) is 5.91 Å². The van der Waals surface area contributed by atoms with E-state index in [1.54, 1.807) is 30.3 Å². The van der Waals surface area contributed by atoms with Crippen LogP contribution in [0.15, 0.2) is 30.3 Å². The minimum Gasteiger partial charge on any atom is -0.455 e. The fraction of sp³-hybridized carbons (Fsp3) is 0.545. The third-order valence-electron chi connectivity index (χ3n) is 6.19. The first-order valence-corrected chi connectivity index (χ1v) is 10.2. The molecule has 3 rings (SSSR count). The molecule has 7 nitrogen and oxygen atoms in total. The summed E-state index contributed by atoms with van der Waals surface area (Å²) in [4.78, 5) is 50.5. The molecule has 4 atom stereocenters. The fourth-order valence-corrected chi connectivity index (χ4v) is 4.28. The van der Waals surface area contributed by atoms with E-state index in [9.17, 15) is 19.2 Å². The van der Waals surface area contributed by atoms with Crippen LogP contribution in [0.25, 0.3) is 0 Å². The molecule has 2 aliphatic rings. The second kappa shape index (κ2) is 9.20. The predicted octanol–water partition coefficient (Wildman–Crippen LogP) is 2.16. The molecule has 156 valence electrons. The van der Waals surface area contributed by atoms with E-state index >= 15 is 0 Å². The molecule has 1 saturated heterocycles. The van der Waals surface area contributed by atoms with Crippen molar-refractivity contribution in [3.63, 3.8) is 0 Å². The smallest absolute Gasteiger partial charge is 0.311 e. The highest BCUT2D eigenvalue weighted by atomic mass is 16.5. The van der Waals surface area contributed by atoms with Gasteiger partial charge in [-0.15, -0.1) is 0 Å². The molecule has 1 aliphatic heterocycles. The number of hydrogen-bond donors (Lipinski definition) is 1. The van der Waals surface area contributed by atoms with Crippen molar-refractivity contribution >= 4 is 23.7 Å². The Kier molecular flexibility index (Phi) is 6.67. The zero-order valence-corrected chi connectivity index (χ0v) is 16.9. The van der Waals surface area contributed by atoms with E-state index in [1.807, 2.05) is 4.90 Å². The largest absolute Gasteiger partial charge is 0.455 e. The second-order valence-electron chi connectivity index (χ2n) is 8.13. The summed E-state index contributed by atoms with van der Waals surface area (Å²) in [5.74, 6) is -1.45. The average Bonchev–Trinajstić information content (AvgIpc) is 3.10. The van der Waals surface area contributed by atoms with Crippen LogP contribution < -0.4 is 5.32 Å². The van der Waals surface area contributed by atoms with E-state index in [4.69, 9.17) is 4.74 Å². The van der Waals surface area contributed by atoms with E-state index in [1.165, 1.54) is 6.42 Å². The topological polar surface area (TPSA) is 92.8 Å². The van der Waals surface area contributed by atoms with Gasteiger partial charge in [0.15, 0.2) is 6.61 Å². The molecule has 7 heteroatoms. The van der Waals surface area contributed by atoms with Crippen molar-refractivity contribution in [3.8, 4) is 0 Å². The third-order valence-corrected chi connectivity index (χ3v) is 6.19. The molecule has 2 fully saturated rings. The number of carbonyl (C=O) groups is 4. The molecule has 0 bridgehead atoms. The van der Waals surface area contributed by atoms with Gasteiger partial charge < -0.3 is 9.64 Å². The van der Waals surface area contributed by atoms with Crippen molar-refractivity contribution in [1.29, 1.82) is 0 Å². The maximum Gasteiger partial charge on any atom is 0.311 e. The Morgan fingerprint density at radius 3 is 2.59 bits per heavy atom. The molecular weight excluding hydrogens is 372 g/mol. The molecule has 1 aromatic carbocycles. The summed E-state index contributed by atoms with van der Waals surface area (Å²) < 4.78 is 5.07. The highest BCUT2D eigenvalue weighted by molar-refractivity contribution is 6.05. The Bertz CT molecular complexity index is 779. The van der Waals surface area contributed by atoms with Gasteiger partial charge in [-0.1, -0.05) is 44.9 Å². The van der Waals surface area contributed by atoms with Gasteiger partial charge in [-0.25, -0.2) is 0 Å². The summed E-state index contributed by atoms with van der Waals surface area (Å²) >= 11 is 0. The molecule has 0 radical (unpaired) electrons. The fourth-order valence-electron chi connectivity index (χ4n) is 4.28. The number of nitrogens with one attached hydrogen (secondary N) is 1. The lowest BCUT2D eigenvalue weighted by atomic mass is 9.77. The Balaban J connectivity index is 1.48. The summed E-state index contributed by atoms with van der Waals surface area (Å²) in [5, 5.41) is 2.19. The number of likely N-dealkylation sites (tertiary alicyclic amines) is 1. The summed E-state index contributed by atoms with van der Waals surface area (Å²) in [6.07, 6.45) is 3.33. The van der Waals surface area contributed by atoms with Crippen LogP contribution >= 0.6 is 0 Å². The van der Waals surface area contributed by atoms with Gasteiger partial charge in [0.25, 0.3) is 11.8 Å². The molecule has 3 amide bonds. The van der Waals surface area contributed by atoms with E-state index in [0.717, 1.165) is 12.8 Å². The monoisotopic (exact) mass is 400 g/mol. The lowest BCUT2D eigenvalue weighted by molar-refractivity contribution is -0.152. The maximum atomic E-state index is 12.5. The number of benzene rings is 1. The van der Waals surface area contributed by atoms with Gasteiger partial charge >= 0.3 is 5.97 Å². The first kappa shape index (κ1) is 21.0. The lowest BCUT2D eigenvalue weighted by Crippen LogP contribution is -2.45. The minimum atomic E-state index is -0.692.